The number of carboxylic acid groups (broad SMARTS) is 1. The Morgan fingerprint density at radius 2 is 1.71 bits per heavy atom. The number of aliphatic carboxylic acids is 1. The third-order valence-electron chi connectivity index (χ3n) is 4.15. The van der Waals surface area contributed by atoms with Crippen molar-refractivity contribution in [2.24, 2.45) is 11.8 Å². The lowest BCUT2D eigenvalue weighted by molar-refractivity contribution is -0.157. The number of ether oxygens (including phenoxy) is 1. The standard InChI is InChI=1S/C22H33NO5/c1-15(2)13-18(21(26)27)23-20(25)17(14-19(24)28-22(3,4)5)12-11-16-9-7-6-8-10-16/h6-10,15,17-18H,11-14H2,1-5H3,(H,23,25)(H,26,27)/t17-,18+/m1/s1. The highest BCUT2D eigenvalue weighted by atomic mass is 16.6. The van der Waals surface area contributed by atoms with Crippen molar-refractivity contribution in [3.63, 3.8) is 0 Å². The third kappa shape index (κ3) is 9.53. The van der Waals surface area contributed by atoms with Crippen LogP contribution >= 0.6 is 0 Å². The van der Waals surface area contributed by atoms with E-state index in [1.807, 2.05) is 44.2 Å². The quantitative estimate of drug-likeness (QED) is 0.595. The zero-order chi connectivity index (χ0) is 21.3. The molecule has 0 radical (unpaired) electrons. The number of carbonyl (C=O) groups excluding carboxylic acids is 2. The predicted octanol–water partition coefficient (Wildman–Crippen LogP) is 3.58. The van der Waals surface area contributed by atoms with E-state index in [1.54, 1.807) is 20.8 Å². The molecular formula is C22H33NO5. The fourth-order valence-corrected chi connectivity index (χ4v) is 2.88. The van der Waals surface area contributed by atoms with E-state index in [1.165, 1.54) is 0 Å². The molecule has 0 unspecified atom stereocenters. The van der Waals surface area contributed by atoms with E-state index >= 15 is 0 Å². The molecule has 2 N–H and O–H groups in total. The molecule has 0 aliphatic heterocycles. The van der Waals surface area contributed by atoms with Crippen molar-refractivity contribution in [3.05, 3.63) is 35.9 Å². The van der Waals surface area contributed by atoms with Crippen molar-refractivity contribution in [1.29, 1.82) is 0 Å². The Bertz CT molecular complexity index is 649. The van der Waals surface area contributed by atoms with Gasteiger partial charge in [0.05, 0.1) is 6.42 Å². The molecular weight excluding hydrogens is 358 g/mol. The van der Waals surface area contributed by atoms with Crippen LogP contribution in [-0.4, -0.2) is 34.6 Å². The van der Waals surface area contributed by atoms with Gasteiger partial charge in [-0.25, -0.2) is 4.79 Å². The summed E-state index contributed by atoms with van der Waals surface area (Å²) in [5.74, 6) is -2.48. The summed E-state index contributed by atoms with van der Waals surface area (Å²) < 4.78 is 5.35. The van der Waals surface area contributed by atoms with Crippen LogP contribution in [0.1, 0.15) is 59.4 Å². The van der Waals surface area contributed by atoms with Crippen LogP contribution in [0.5, 0.6) is 0 Å². The zero-order valence-electron chi connectivity index (χ0n) is 17.5. The van der Waals surface area contributed by atoms with Crippen molar-refractivity contribution in [2.75, 3.05) is 0 Å². The van der Waals surface area contributed by atoms with Gasteiger partial charge in [-0.2, -0.15) is 0 Å². The number of carboxylic acids is 1. The monoisotopic (exact) mass is 391 g/mol. The molecule has 0 aliphatic rings. The van der Waals surface area contributed by atoms with E-state index in [2.05, 4.69) is 5.32 Å². The van der Waals surface area contributed by atoms with Crippen LogP contribution in [0, 0.1) is 11.8 Å². The number of carbonyl (C=O) groups is 3. The molecule has 0 aromatic heterocycles. The highest BCUT2D eigenvalue weighted by Crippen LogP contribution is 2.18. The second-order valence-corrected chi connectivity index (χ2v) is 8.54. The molecule has 0 heterocycles. The normalized spacial score (nSPS) is 13.6. The first-order chi connectivity index (χ1) is 13.0. The third-order valence-corrected chi connectivity index (χ3v) is 4.15. The average Bonchev–Trinajstić information content (AvgIpc) is 2.56. The number of esters is 1. The van der Waals surface area contributed by atoms with Gasteiger partial charge in [-0.15, -0.1) is 0 Å². The first-order valence-electron chi connectivity index (χ1n) is 9.77. The summed E-state index contributed by atoms with van der Waals surface area (Å²) in [6.07, 6.45) is 1.30. The minimum atomic E-state index is -1.07. The lowest BCUT2D eigenvalue weighted by atomic mass is 9.94. The van der Waals surface area contributed by atoms with Crippen molar-refractivity contribution in [1.82, 2.24) is 5.32 Å². The molecule has 28 heavy (non-hydrogen) atoms. The maximum atomic E-state index is 12.8. The molecule has 1 aromatic rings. The Labute approximate surface area is 167 Å². The van der Waals surface area contributed by atoms with E-state index in [4.69, 9.17) is 4.74 Å². The van der Waals surface area contributed by atoms with Gasteiger partial charge < -0.3 is 15.2 Å². The number of nitrogens with one attached hydrogen (secondary N) is 1. The molecule has 156 valence electrons. The van der Waals surface area contributed by atoms with Crippen molar-refractivity contribution >= 4 is 17.8 Å². The van der Waals surface area contributed by atoms with Crippen LogP contribution in [0.25, 0.3) is 0 Å². The number of hydrogen-bond donors (Lipinski definition) is 2. The summed E-state index contributed by atoms with van der Waals surface area (Å²) in [4.78, 5) is 36.5. The van der Waals surface area contributed by atoms with Gasteiger partial charge >= 0.3 is 11.9 Å². The van der Waals surface area contributed by atoms with Crippen LogP contribution in [0.15, 0.2) is 30.3 Å². The minimum Gasteiger partial charge on any atom is -0.480 e. The van der Waals surface area contributed by atoms with Gasteiger partial charge in [-0.05, 0) is 51.5 Å². The van der Waals surface area contributed by atoms with Crippen LogP contribution in [0.4, 0.5) is 0 Å². The lowest BCUT2D eigenvalue weighted by Crippen LogP contribution is -2.45. The first kappa shape index (κ1) is 23.7. The SMILES string of the molecule is CC(C)C[C@H](NC(=O)[C@H](CCc1ccccc1)CC(=O)OC(C)(C)C)C(=O)O. The Hall–Kier alpha value is -2.37. The summed E-state index contributed by atoms with van der Waals surface area (Å²) in [7, 11) is 0. The average molecular weight is 392 g/mol. The Kier molecular flexibility index (Phi) is 9.16. The molecule has 0 fully saturated rings. The largest absolute Gasteiger partial charge is 0.480 e. The Balaban J connectivity index is 2.85. The van der Waals surface area contributed by atoms with Crippen molar-refractivity contribution in [2.45, 2.75) is 71.9 Å². The maximum absolute atomic E-state index is 12.8. The number of benzene rings is 1. The number of rotatable bonds is 10. The second-order valence-electron chi connectivity index (χ2n) is 8.54. The Morgan fingerprint density at radius 1 is 1.11 bits per heavy atom. The Morgan fingerprint density at radius 3 is 2.21 bits per heavy atom. The van der Waals surface area contributed by atoms with E-state index in [0.717, 1.165) is 5.56 Å². The van der Waals surface area contributed by atoms with Crippen LogP contribution in [0.3, 0.4) is 0 Å². The fourth-order valence-electron chi connectivity index (χ4n) is 2.88. The van der Waals surface area contributed by atoms with Crippen LogP contribution in [-0.2, 0) is 25.5 Å². The van der Waals surface area contributed by atoms with Crippen LogP contribution in [0.2, 0.25) is 0 Å². The van der Waals surface area contributed by atoms with Gasteiger partial charge in [0.2, 0.25) is 5.91 Å². The summed E-state index contributed by atoms with van der Waals surface area (Å²) in [6, 6.07) is 8.70. The van der Waals surface area contributed by atoms with Gasteiger partial charge in [0.25, 0.3) is 0 Å². The van der Waals surface area contributed by atoms with E-state index < -0.39 is 35.4 Å². The smallest absolute Gasteiger partial charge is 0.326 e. The van der Waals surface area contributed by atoms with E-state index in [0.29, 0.717) is 19.3 Å². The second kappa shape index (κ2) is 10.8. The molecule has 0 saturated carbocycles. The summed E-state index contributed by atoms with van der Waals surface area (Å²) in [6.45, 7) is 9.11. The summed E-state index contributed by atoms with van der Waals surface area (Å²) >= 11 is 0. The summed E-state index contributed by atoms with van der Waals surface area (Å²) in [5, 5.41) is 12.0. The number of amides is 1. The van der Waals surface area contributed by atoms with Gasteiger partial charge in [0, 0.05) is 5.92 Å². The molecule has 6 heteroatoms. The molecule has 0 saturated heterocycles. The fraction of sp³-hybridized carbons (Fsp3) is 0.591. The topological polar surface area (TPSA) is 92.7 Å². The molecule has 1 aromatic carbocycles. The minimum absolute atomic E-state index is 0.0794. The van der Waals surface area contributed by atoms with Gasteiger partial charge in [0.1, 0.15) is 11.6 Å². The summed E-state index contributed by atoms with van der Waals surface area (Å²) in [5.41, 5.74) is 0.417. The van der Waals surface area contributed by atoms with Crippen molar-refractivity contribution < 1.29 is 24.2 Å². The molecule has 6 nitrogen and oxygen atoms in total. The zero-order valence-corrected chi connectivity index (χ0v) is 17.5. The maximum Gasteiger partial charge on any atom is 0.326 e. The molecule has 0 aliphatic carbocycles. The van der Waals surface area contributed by atoms with Gasteiger partial charge in [0.15, 0.2) is 0 Å². The predicted molar refractivity (Wildman–Crippen MR) is 108 cm³/mol. The molecule has 2 atom stereocenters. The molecule has 0 spiro atoms. The van der Waals surface area contributed by atoms with E-state index in [-0.39, 0.29) is 12.3 Å². The van der Waals surface area contributed by atoms with Gasteiger partial charge in [-0.1, -0.05) is 44.2 Å². The number of aryl methyl sites for hydroxylation is 1. The van der Waals surface area contributed by atoms with E-state index in [9.17, 15) is 19.5 Å². The molecule has 1 rings (SSSR count). The molecule has 0 bridgehead atoms. The first-order valence-corrected chi connectivity index (χ1v) is 9.77. The highest BCUT2D eigenvalue weighted by molar-refractivity contribution is 5.87. The van der Waals surface area contributed by atoms with Gasteiger partial charge in [-0.3, -0.25) is 9.59 Å². The molecule has 1 amide bonds. The highest BCUT2D eigenvalue weighted by Gasteiger charge is 2.29. The lowest BCUT2D eigenvalue weighted by Gasteiger charge is -2.24. The van der Waals surface area contributed by atoms with Crippen LogP contribution < -0.4 is 5.32 Å². The number of hydrogen-bond acceptors (Lipinski definition) is 4. The van der Waals surface area contributed by atoms with Crippen molar-refractivity contribution in [3.8, 4) is 0 Å².